The predicted molar refractivity (Wildman–Crippen MR) is 149 cm³/mol. The van der Waals surface area contributed by atoms with Crippen molar-refractivity contribution < 1.29 is 18.7 Å². The van der Waals surface area contributed by atoms with Gasteiger partial charge < -0.3 is 14.1 Å². The molecule has 2 aromatic heterocycles. The van der Waals surface area contributed by atoms with E-state index in [9.17, 15) is 9.59 Å². The number of nitrogens with one attached hydrogen (secondary N) is 1. The Bertz CT molecular complexity index is 1540. The second-order valence-electron chi connectivity index (χ2n) is 9.06. The molecule has 8 nitrogen and oxygen atoms in total. The number of methoxy groups -OCH3 is 1. The first-order chi connectivity index (χ1) is 19.0. The molecule has 5 rings (SSSR count). The van der Waals surface area contributed by atoms with E-state index in [4.69, 9.17) is 14.1 Å². The number of aromatic nitrogens is 2. The fraction of sp³-hybridized carbons (Fsp3) is 0.129. The third-order valence-corrected chi connectivity index (χ3v) is 6.22. The minimum absolute atomic E-state index is 0.168. The van der Waals surface area contributed by atoms with Gasteiger partial charge in [-0.3, -0.25) is 19.5 Å². The zero-order chi connectivity index (χ0) is 27.2. The number of aryl methyl sites for hydroxylation is 1. The molecule has 196 valence electrons. The molecule has 0 aliphatic heterocycles. The summed E-state index contributed by atoms with van der Waals surface area (Å²) in [7, 11) is 1.62. The number of furan rings is 1. The Balaban J connectivity index is 1.43. The van der Waals surface area contributed by atoms with Gasteiger partial charge in [-0.1, -0.05) is 48.0 Å². The maximum absolute atomic E-state index is 13.3. The van der Waals surface area contributed by atoms with Crippen molar-refractivity contribution in [3.8, 4) is 22.7 Å². The van der Waals surface area contributed by atoms with Gasteiger partial charge >= 0.3 is 0 Å². The number of carbonyl (C=O) groups is 2. The number of amides is 2. The molecule has 3 aromatic carbocycles. The van der Waals surface area contributed by atoms with Crippen molar-refractivity contribution in [2.24, 2.45) is 0 Å². The SMILES string of the molecule is COc1ccc(-c2cn(-c3ccc(C)cc3)c(NC(=O)CN(Cc3ccccc3)C(=O)c3ccco3)n2)cc1. The van der Waals surface area contributed by atoms with Gasteiger partial charge in [0.2, 0.25) is 11.9 Å². The van der Waals surface area contributed by atoms with Crippen LogP contribution < -0.4 is 10.1 Å². The van der Waals surface area contributed by atoms with Crippen LogP contribution in [0.5, 0.6) is 5.75 Å². The number of rotatable bonds is 9. The van der Waals surface area contributed by atoms with Gasteiger partial charge in [0.15, 0.2) is 5.76 Å². The molecule has 0 aliphatic carbocycles. The van der Waals surface area contributed by atoms with Crippen LogP contribution in [0.3, 0.4) is 0 Å². The van der Waals surface area contributed by atoms with E-state index >= 15 is 0 Å². The summed E-state index contributed by atoms with van der Waals surface area (Å²) in [5, 5.41) is 2.92. The minimum Gasteiger partial charge on any atom is -0.497 e. The van der Waals surface area contributed by atoms with Crippen LogP contribution in [-0.2, 0) is 11.3 Å². The fourth-order valence-electron chi connectivity index (χ4n) is 4.17. The van der Waals surface area contributed by atoms with Gasteiger partial charge in [0.1, 0.15) is 12.3 Å². The third-order valence-electron chi connectivity index (χ3n) is 6.22. The number of hydrogen-bond donors (Lipinski definition) is 1. The van der Waals surface area contributed by atoms with Crippen molar-refractivity contribution in [1.29, 1.82) is 0 Å². The molecule has 0 saturated carbocycles. The third kappa shape index (κ3) is 6.07. The number of nitrogens with zero attached hydrogens (tertiary/aromatic N) is 3. The van der Waals surface area contributed by atoms with Crippen LogP contribution in [0.4, 0.5) is 5.95 Å². The summed E-state index contributed by atoms with van der Waals surface area (Å²) < 4.78 is 12.4. The lowest BCUT2D eigenvalue weighted by atomic mass is 10.1. The number of imidazole rings is 1. The molecule has 8 heteroatoms. The molecule has 0 spiro atoms. The first-order valence-corrected chi connectivity index (χ1v) is 12.5. The Hall–Kier alpha value is -5.11. The quantitative estimate of drug-likeness (QED) is 0.268. The van der Waals surface area contributed by atoms with Gasteiger partial charge in [-0.05, 0) is 61.0 Å². The maximum atomic E-state index is 13.3. The molecule has 39 heavy (non-hydrogen) atoms. The zero-order valence-corrected chi connectivity index (χ0v) is 21.7. The van der Waals surface area contributed by atoms with E-state index in [1.54, 1.807) is 19.2 Å². The van der Waals surface area contributed by atoms with Crippen LogP contribution in [0.2, 0.25) is 0 Å². The first-order valence-electron chi connectivity index (χ1n) is 12.5. The highest BCUT2D eigenvalue weighted by Gasteiger charge is 2.23. The molecule has 0 radical (unpaired) electrons. The Morgan fingerprint density at radius 2 is 1.69 bits per heavy atom. The summed E-state index contributed by atoms with van der Waals surface area (Å²) in [6.07, 6.45) is 3.31. The van der Waals surface area contributed by atoms with Crippen LogP contribution in [0.15, 0.2) is 108 Å². The molecule has 2 heterocycles. The van der Waals surface area contributed by atoms with Crippen molar-refractivity contribution in [2.45, 2.75) is 13.5 Å². The highest BCUT2D eigenvalue weighted by Crippen LogP contribution is 2.26. The van der Waals surface area contributed by atoms with Crippen LogP contribution >= 0.6 is 0 Å². The molecule has 0 fully saturated rings. The van der Waals surface area contributed by atoms with E-state index in [0.717, 1.165) is 28.1 Å². The molecular formula is C31H28N4O4. The van der Waals surface area contributed by atoms with Gasteiger partial charge in [0.05, 0.1) is 19.1 Å². The van der Waals surface area contributed by atoms with Crippen LogP contribution in [0.1, 0.15) is 21.7 Å². The normalized spacial score (nSPS) is 10.7. The van der Waals surface area contributed by atoms with Crippen LogP contribution in [0, 0.1) is 6.92 Å². The van der Waals surface area contributed by atoms with Gasteiger partial charge in [-0.25, -0.2) is 4.98 Å². The van der Waals surface area contributed by atoms with Crippen molar-refractivity contribution in [3.63, 3.8) is 0 Å². The molecule has 0 aliphatic rings. The molecular weight excluding hydrogens is 492 g/mol. The first kappa shape index (κ1) is 25.5. The van der Waals surface area contributed by atoms with Gasteiger partial charge in [0.25, 0.3) is 5.91 Å². The summed E-state index contributed by atoms with van der Waals surface area (Å²) in [6.45, 7) is 2.07. The van der Waals surface area contributed by atoms with E-state index in [0.29, 0.717) is 11.6 Å². The van der Waals surface area contributed by atoms with Crippen LogP contribution in [0.25, 0.3) is 16.9 Å². The van der Waals surface area contributed by atoms with Crippen molar-refractivity contribution in [3.05, 3.63) is 120 Å². The van der Waals surface area contributed by atoms with Crippen molar-refractivity contribution >= 4 is 17.8 Å². The Kier molecular flexibility index (Phi) is 7.54. The highest BCUT2D eigenvalue weighted by molar-refractivity contribution is 5.97. The smallest absolute Gasteiger partial charge is 0.290 e. The number of benzene rings is 3. The van der Waals surface area contributed by atoms with Crippen molar-refractivity contribution in [1.82, 2.24) is 14.5 Å². The maximum Gasteiger partial charge on any atom is 0.290 e. The molecule has 5 aromatic rings. The second-order valence-corrected chi connectivity index (χ2v) is 9.06. The zero-order valence-electron chi connectivity index (χ0n) is 21.7. The van der Waals surface area contributed by atoms with E-state index in [2.05, 4.69) is 5.32 Å². The molecule has 0 saturated heterocycles. The highest BCUT2D eigenvalue weighted by atomic mass is 16.5. The van der Waals surface area contributed by atoms with Crippen molar-refractivity contribution in [2.75, 3.05) is 19.0 Å². The van der Waals surface area contributed by atoms with E-state index in [-0.39, 0.29) is 30.7 Å². The largest absolute Gasteiger partial charge is 0.497 e. The average molecular weight is 521 g/mol. The fourth-order valence-corrected chi connectivity index (χ4v) is 4.17. The lowest BCUT2D eigenvalue weighted by Gasteiger charge is -2.21. The molecule has 0 bridgehead atoms. The van der Waals surface area contributed by atoms with E-state index < -0.39 is 0 Å². The average Bonchev–Trinajstić information content (AvgIpc) is 3.64. The lowest BCUT2D eigenvalue weighted by molar-refractivity contribution is -0.117. The predicted octanol–water partition coefficient (Wildman–Crippen LogP) is 5.73. The van der Waals surface area contributed by atoms with Gasteiger partial charge in [-0.15, -0.1) is 0 Å². The molecule has 1 N–H and O–H groups in total. The molecule has 2 amide bonds. The van der Waals surface area contributed by atoms with Gasteiger partial charge in [0, 0.05) is 24.0 Å². The summed E-state index contributed by atoms with van der Waals surface area (Å²) in [5.41, 5.74) is 4.41. The number of hydrogen-bond acceptors (Lipinski definition) is 5. The topological polar surface area (TPSA) is 89.6 Å². The summed E-state index contributed by atoms with van der Waals surface area (Å²) in [6, 6.07) is 28.2. The number of ether oxygens (including phenoxy) is 1. The minimum atomic E-state index is -0.383. The van der Waals surface area contributed by atoms with E-state index in [1.165, 1.54) is 11.2 Å². The van der Waals surface area contributed by atoms with E-state index in [1.807, 2.05) is 96.6 Å². The number of carbonyl (C=O) groups excluding carboxylic acids is 2. The monoisotopic (exact) mass is 520 g/mol. The van der Waals surface area contributed by atoms with Crippen LogP contribution in [-0.4, -0.2) is 39.9 Å². The lowest BCUT2D eigenvalue weighted by Crippen LogP contribution is -2.37. The standard InChI is InChI=1S/C31H28N4O4/c1-22-10-14-25(15-11-22)35-20-27(24-12-16-26(38-2)17-13-24)32-31(35)33-29(36)21-34(19-23-7-4-3-5-8-23)30(37)28-9-6-18-39-28/h3-18,20H,19,21H2,1-2H3,(H,32,33,36). The summed E-state index contributed by atoms with van der Waals surface area (Å²) >= 11 is 0. The van der Waals surface area contributed by atoms with Gasteiger partial charge in [-0.2, -0.15) is 0 Å². The second kappa shape index (κ2) is 11.5. The Morgan fingerprint density at radius 1 is 0.949 bits per heavy atom. The molecule has 0 atom stereocenters. The summed E-state index contributed by atoms with van der Waals surface area (Å²) in [4.78, 5) is 32.7. The number of anilines is 1. The Morgan fingerprint density at radius 3 is 2.36 bits per heavy atom. The molecule has 0 unspecified atom stereocenters. The summed E-state index contributed by atoms with van der Waals surface area (Å²) in [5.74, 6) is 0.498. The Labute approximate surface area is 226 Å².